The highest BCUT2D eigenvalue weighted by Gasteiger charge is 2.35. The zero-order valence-corrected chi connectivity index (χ0v) is 45.3. The second kappa shape index (κ2) is 17.8. The Balaban J connectivity index is 0.000000107. The van der Waals surface area contributed by atoms with Crippen molar-refractivity contribution < 1.29 is 0 Å². The van der Waals surface area contributed by atoms with E-state index in [4.69, 9.17) is 0 Å². The SMILES string of the molecule is CC(C)(C)c1cc2ccc3cc(-c4ccc5c(c4)C(C)(C)c4ccccc4-5)cc4ccc(c1)c2c34.c1ccc(-c2cc3c4c(cccc4c2)-c2ccccc2-3)cc1.c1ccc(-c2ccc3c(c2)-c2cccc4cccc-3c24)cc1. The van der Waals surface area contributed by atoms with Gasteiger partial charge < -0.3 is 0 Å². The largest absolute Gasteiger partial charge is 0.0622 e. The van der Waals surface area contributed by atoms with Gasteiger partial charge in [0, 0.05) is 5.41 Å². The average Bonchev–Trinajstić information content (AvgIpc) is 4.29. The van der Waals surface area contributed by atoms with Gasteiger partial charge in [0.1, 0.15) is 0 Å². The monoisotopic (exact) mass is 1010 g/mol. The zero-order chi connectivity index (χ0) is 53.1. The Morgan fingerprint density at radius 2 is 0.620 bits per heavy atom. The van der Waals surface area contributed by atoms with Gasteiger partial charge in [-0.15, -0.1) is 0 Å². The molecule has 79 heavy (non-hydrogen) atoms. The third-order valence-corrected chi connectivity index (χ3v) is 17.5. The molecule has 0 atom stereocenters. The maximum absolute atomic E-state index is 2.43. The molecule has 0 saturated heterocycles. The molecule has 0 aromatic heterocycles. The molecule has 3 aliphatic carbocycles. The number of benzene rings is 14. The smallest absolute Gasteiger partial charge is 0.0159 e. The van der Waals surface area contributed by atoms with E-state index < -0.39 is 0 Å². The van der Waals surface area contributed by atoms with Crippen molar-refractivity contribution in [1.29, 1.82) is 0 Å². The van der Waals surface area contributed by atoms with Gasteiger partial charge >= 0.3 is 0 Å². The molecule has 374 valence electrons. The summed E-state index contributed by atoms with van der Waals surface area (Å²) in [4.78, 5) is 0. The van der Waals surface area contributed by atoms with Crippen LogP contribution >= 0.6 is 0 Å². The minimum Gasteiger partial charge on any atom is -0.0622 e. The van der Waals surface area contributed by atoms with Gasteiger partial charge in [0.2, 0.25) is 0 Å². The van der Waals surface area contributed by atoms with Crippen LogP contribution in [0, 0.1) is 0 Å². The fourth-order valence-electron chi connectivity index (χ4n) is 13.5. The molecule has 14 aromatic carbocycles. The summed E-state index contributed by atoms with van der Waals surface area (Å²) >= 11 is 0. The summed E-state index contributed by atoms with van der Waals surface area (Å²) in [7, 11) is 0. The highest BCUT2D eigenvalue weighted by Crippen LogP contribution is 2.52. The fourth-order valence-corrected chi connectivity index (χ4v) is 13.5. The first-order valence-corrected chi connectivity index (χ1v) is 28.0. The molecule has 0 N–H and O–H groups in total. The third-order valence-electron chi connectivity index (χ3n) is 17.5. The zero-order valence-electron chi connectivity index (χ0n) is 45.3. The van der Waals surface area contributed by atoms with Crippen molar-refractivity contribution in [2.24, 2.45) is 0 Å². The molecule has 0 amide bonds. The van der Waals surface area contributed by atoms with Crippen LogP contribution in [-0.4, -0.2) is 0 Å². The van der Waals surface area contributed by atoms with Crippen LogP contribution in [0.5, 0.6) is 0 Å². The van der Waals surface area contributed by atoms with E-state index in [0.717, 1.165) is 0 Å². The Morgan fingerprint density at radius 1 is 0.228 bits per heavy atom. The first-order chi connectivity index (χ1) is 38.5. The first kappa shape index (κ1) is 46.9. The first-order valence-electron chi connectivity index (χ1n) is 28.0. The second-order valence-corrected chi connectivity index (χ2v) is 23.6. The van der Waals surface area contributed by atoms with Crippen molar-refractivity contribution in [1.82, 2.24) is 0 Å². The summed E-state index contributed by atoms with van der Waals surface area (Å²) in [6.45, 7) is 11.6. The minimum absolute atomic E-state index is 0.0167. The second-order valence-electron chi connectivity index (χ2n) is 23.6. The van der Waals surface area contributed by atoms with Gasteiger partial charge in [0.15, 0.2) is 0 Å². The van der Waals surface area contributed by atoms with Gasteiger partial charge in [-0.1, -0.05) is 259 Å². The van der Waals surface area contributed by atoms with Gasteiger partial charge in [-0.25, -0.2) is 0 Å². The van der Waals surface area contributed by atoms with E-state index in [1.807, 2.05) is 0 Å². The van der Waals surface area contributed by atoms with Gasteiger partial charge in [0.05, 0.1) is 0 Å². The van der Waals surface area contributed by atoms with E-state index in [0.29, 0.717) is 0 Å². The predicted octanol–water partition coefficient (Wildman–Crippen LogP) is 22.2. The van der Waals surface area contributed by atoms with Crippen LogP contribution < -0.4 is 0 Å². The van der Waals surface area contributed by atoms with Gasteiger partial charge in [0.25, 0.3) is 0 Å². The molecule has 17 rings (SSSR count). The summed E-state index contributed by atoms with van der Waals surface area (Å²) in [5, 5.41) is 13.5. The van der Waals surface area contributed by atoms with Crippen LogP contribution in [-0.2, 0) is 10.8 Å². The molecule has 14 aromatic rings. The molecule has 0 heterocycles. The van der Waals surface area contributed by atoms with Crippen LogP contribution in [0.25, 0.3) is 143 Å². The predicted molar refractivity (Wildman–Crippen MR) is 339 cm³/mol. The van der Waals surface area contributed by atoms with Crippen LogP contribution in [0.15, 0.2) is 261 Å². The van der Waals surface area contributed by atoms with Crippen LogP contribution in [0.2, 0.25) is 0 Å². The van der Waals surface area contributed by atoms with E-state index in [2.05, 4.69) is 295 Å². The summed E-state index contributed by atoms with van der Waals surface area (Å²) < 4.78 is 0. The maximum atomic E-state index is 2.43. The Morgan fingerprint density at radius 3 is 1.22 bits per heavy atom. The van der Waals surface area contributed by atoms with Gasteiger partial charge in [-0.05, 0) is 201 Å². The topological polar surface area (TPSA) is 0 Å². The molecule has 0 saturated carbocycles. The van der Waals surface area contributed by atoms with E-state index in [9.17, 15) is 0 Å². The normalized spacial score (nSPS) is 13.0. The van der Waals surface area contributed by atoms with E-state index in [-0.39, 0.29) is 10.8 Å². The van der Waals surface area contributed by atoms with Crippen LogP contribution in [0.4, 0.5) is 0 Å². The molecule has 0 spiro atoms. The standard InChI is InChI=1S/C35H30.2C22H14/c1-34(2,3)27-18-24-12-10-22-16-26(17-23-11-13-25(19-27)33(24)32(22)23)21-14-15-29-28-8-6-7-9-30(28)35(4,5)31(29)20-21;1-2-6-15(7-3-1)17-12-13-18-19-10-4-8-16-9-5-11-20(22(16)19)21(18)14-17;1-2-7-15(8-3-1)17-13-16-9-6-12-20-18-10-4-5-11-19(18)21(14-17)22(16)20/h6-20H,1-5H3;2*1-14H. The van der Waals surface area contributed by atoms with Crippen molar-refractivity contribution in [3.05, 3.63) is 278 Å². The Bertz CT molecular complexity index is 4680. The molecule has 3 aliphatic rings. The lowest BCUT2D eigenvalue weighted by atomic mass is 9.81. The molecule has 0 nitrogen and oxygen atoms in total. The maximum Gasteiger partial charge on any atom is 0.0159 e. The number of fused-ring (bicyclic) bond motifs is 9. The fraction of sp³-hybridized carbons (Fsp3) is 0.0886. The summed E-state index contributed by atoms with van der Waals surface area (Å²) in [6, 6.07) is 96.0. The van der Waals surface area contributed by atoms with Crippen molar-refractivity contribution in [3.8, 4) is 89.0 Å². The molecule has 0 bridgehead atoms. The van der Waals surface area contributed by atoms with Crippen molar-refractivity contribution in [3.63, 3.8) is 0 Å². The number of hydrogen-bond donors (Lipinski definition) is 0. The summed E-state index contributed by atoms with van der Waals surface area (Å²) in [5.74, 6) is 0. The Labute approximate surface area is 463 Å². The van der Waals surface area contributed by atoms with Crippen molar-refractivity contribution in [2.45, 2.75) is 45.4 Å². The lowest BCUT2D eigenvalue weighted by Gasteiger charge is -2.22. The van der Waals surface area contributed by atoms with Crippen molar-refractivity contribution >= 4 is 53.9 Å². The highest BCUT2D eigenvalue weighted by molar-refractivity contribution is 6.24. The van der Waals surface area contributed by atoms with Crippen LogP contribution in [0.3, 0.4) is 0 Å². The molecular formula is C79H58. The Kier molecular flexibility index (Phi) is 10.6. The average molecular weight is 1010 g/mol. The van der Waals surface area contributed by atoms with E-state index >= 15 is 0 Å². The van der Waals surface area contributed by atoms with E-state index in [1.54, 1.807) is 0 Å². The van der Waals surface area contributed by atoms with Crippen molar-refractivity contribution in [2.75, 3.05) is 0 Å². The highest BCUT2D eigenvalue weighted by atomic mass is 14.4. The number of hydrogen-bond acceptors (Lipinski definition) is 0. The summed E-state index contributed by atoms with van der Waals surface area (Å²) in [6.07, 6.45) is 0. The van der Waals surface area contributed by atoms with Crippen LogP contribution in [0.1, 0.15) is 51.3 Å². The van der Waals surface area contributed by atoms with E-state index in [1.165, 1.54) is 160 Å². The molecule has 0 fully saturated rings. The minimum atomic E-state index is 0.0167. The lowest BCUT2D eigenvalue weighted by Crippen LogP contribution is -2.14. The Hall–Kier alpha value is -9.36. The van der Waals surface area contributed by atoms with Gasteiger partial charge in [-0.2, -0.15) is 0 Å². The number of rotatable bonds is 3. The quantitative estimate of drug-likeness (QED) is 0.155. The summed E-state index contributed by atoms with van der Waals surface area (Å²) in [5.41, 5.74) is 25.7. The molecular weight excluding hydrogens is 949 g/mol. The lowest BCUT2D eigenvalue weighted by molar-refractivity contribution is 0.591. The molecule has 0 heteroatoms. The molecule has 0 unspecified atom stereocenters. The molecule has 0 aliphatic heterocycles. The third kappa shape index (κ3) is 7.57. The molecule has 0 radical (unpaired) electrons. The van der Waals surface area contributed by atoms with Gasteiger partial charge in [-0.3, -0.25) is 0 Å².